The predicted molar refractivity (Wildman–Crippen MR) is 68.1 cm³/mol. The van der Waals surface area contributed by atoms with Gasteiger partial charge >= 0.3 is 6.61 Å². The van der Waals surface area contributed by atoms with E-state index in [0.29, 0.717) is 0 Å². The van der Waals surface area contributed by atoms with Crippen molar-refractivity contribution >= 4 is 0 Å². The summed E-state index contributed by atoms with van der Waals surface area (Å²) in [5, 5.41) is 10.0. The molecule has 1 atom stereocenters. The summed E-state index contributed by atoms with van der Waals surface area (Å²) in [6.45, 7) is -2.97. The summed E-state index contributed by atoms with van der Waals surface area (Å²) in [6.07, 6.45) is -1.34. The van der Waals surface area contributed by atoms with Crippen molar-refractivity contribution in [2.75, 3.05) is 0 Å². The Morgan fingerprint density at radius 1 is 1.05 bits per heavy atom. The number of hydrogen-bond donors (Lipinski definition) is 1. The van der Waals surface area contributed by atoms with E-state index in [1.54, 1.807) is 0 Å². The Hall–Kier alpha value is -2.08. The Balaban J connectivity index is 2.16. The Morgan fingerprint density at radius 3 is 2.48 bits per heavy atom. The van der Waals surface area contributed by atoms with Gasteiger partial charge < -0.3 is 9.84 Å². The minimum Gasteiger partial charge on any atom is -0.435 e. The van der Waals surface area contributed by atoms with Crippen LogP contribution in [-0.2, 0) is 6.42 Å². The van der Waals surface area contributed by atoms with Crippen LogP contribution in [0.2, 0.25) is 0 Å². The van der Waals surface area contributed by atoms with E-state index in [4.69, 9.17) is 0 Å². The molecule has 0 bridgehead atoms. The summed E-state index contributed by atoms with van der Waals surface area (Å²) in [5.41, 5.74) is 0.277. The van der Waals surface area contributed by atoms with Crippen molar-refractivity contribution in [3.05, 3.63) is 65.2 Å². The van der Waals surface area contributed by atoms with Crippen LogP contribution in [0.15, 0.2) is 42.5 Å². The molecule has 2 nitrogen and oxygen atoms in total. The number of hydrogen-bond acceptors (Lipinski definition) is 2. The molecule has 0 aromatic heterocycles. The van der Waals surface area contributed by atoms with E-state index in [1.807, 2.05) is 0 Å². The first-order chi connectivity index (χ1) is 9.97. The molecule has 0 fully saturated rings. The largest absolute Gasteiger partial charge is 0.435 e. The molecule has 0 aliphatic carbocycles. The maximum absolute atomic E-state index is 13.5. The molecule has 0 spiro atoms. The van der Waals surface area contributed by atoms with Gasteiger partial charge in [0.05, 0.1) is 6.10 Å². The zero-order valence-electron chi connectivity index (χ0n) is 10.8. The van der Waals surface area contributed by atoms with Crippen molar-refractivity contribution in [3.63, 3.8) is 0 Å². The van der Waals surface area contributed by atoms with Crippen LogP contribution in [0.3, 0.4) is 0 Å². The van der Waals surface area contributed by atoms with Crippen molar-refractivity contribution in [2.45, 2.75) is 19.1 Å². The lowest BCUT2D eigenvalue weighted by Crippen LogP contribution is -2.06. The molecular weight excluding hydrogens is 288 g/mol. The third kappa shape index (κ3) is 3.95. The third-order valence-corrected chi connectivity index (χ3v) is 2.91. The van der Waals surface area contributed by atoms with Crippen LogP contribution < -0.4 is 4.74 Å². The van der Waals surface area contributed by atoms with Crippen molar-refractivity contribution in [3.8, 4) is 5.75 Å². The maximum atomic E-state index is 13.5. The highest BCUT2D eigenvalue weighted by atomic mass is 19.3. The summed E-state index contributed by atoms with van der Waals surface area (Å²) in [4.78, 5) is 0. The standard InChI is InChI=1S/C15H12F4O2/c16-12-6-2-4-10(14(12)17)8-13(20)9-3-1-5-11(7-9)21-15(18)19/h1-7,13,15,20H,8H2. The van der Waals surface area contributed by atoms with E-state index >= 15 is 0 Å². The lowest BCUT2D eigenvalue weighted by Gasteiger charge is -2.13. The molecule has 0 aliphatic rings. The molecule has 0 saturated heterocycles. The van der Waals surface area contributed by atoms with Crippen LogP contribution in [-0.4, -0.2) is 11.7 Å². The Bertz CT molecular complexity index is 616. The number of halogens is 4. The summed E-state index contributed by atoms with van der Waals surface area (Å²) in [5.74, 6) is -2.15. The fourth-order valence-electron chi connectivity index (χ4n) is 1.93. The Labute approximate surface area is 118 Å². The molecule has 0 amide bonds. The van der Waals surface area contributed by atoms with Crippen LogP contribution in [0.25, 0.3) is 0 Å². The Morgan fingerprint density at radius 2 is 1.76 bits per heavy atom. The number of benzene rings is 2. The summed E-state index contributed by atoms with van der Waals surface area (Å²) < 4.78 is 55.1. The van der Waals surface area contributed by atoms with Gasteiger partial charge in [-0.2, -0.15) is 8.78 Å². The molecule has 2 aromatic rings. The Kier molecular flexibility index (Phi) is 4.80. The fourth-order valence-corrected chi connectivity index (χ4v) is 1.93. The smallest absolute Gasteiger partial charge is 0.387 e. The normalized spacial score (nSPS) is 12.5. The van der Waals surface area contributed by atoms with Gasteiger partial charge in [-0.3, -0.25) is 0 Å². The molecule has 1 unspecified atom stereocenters. The molecular formula is C15H12F4O2. The molecule has 112 valence electrons. The third-order valence-electron chi connectivity index (χ3n) is 2.91. The van der Waals surface area contributed by atoms with E-state index in [-0.39, 0.29) is 23.3 Å². The van der Waals surface area contributed by atoms with E-state index in [1.165, 1.54) is 36.4 Å². The lowest BCUT2D eigenvalue weighted by atomic mass is 10.0. The van der Waals surface area contributed by atoms with Gasteiger partial charge in [-0.05, 0) is 29.3 Å². The van der Waals surface area contributed by atoms with Crippen molar-refractivity contribution < 1.29 is 27.4 Å². The SMILES string of the molecule is OC(Cc1cccc(F)c1F)c1cccc(OC(F)F)c1. The van der Waals surface area contributed by atoms with Gasteiger partial charge in [0, 0.05) is 6.42 Å². The molecule has 6 heteroatoms. The molecule has 2 aromatic carbocycles. The van der Waals surface area contributed by atoms with Gasteiger partial charge in [0.25, 0.3) is 0 Å². The van der Waals surface area contributed by atoms with Crippen LogP contribution in [0.4, 0.5) is 17.6 Å². The average Bonchev–Trinajstić information content (AvgIpc) is 2.43. The highest BCUT2D eigenvalue weighted by molar-refractivity contribution is 5.31. The maximum Gasteiger partial charge on any atom is 0.387 e. The van der Waals surface area contributed by atoms with Gasteiger partial charge in [0.15, 0.2) is 11.6 Å². The number of alkyl halides is 2. The van der Waals surface area contributed by atoms with Gasteiger partial charge in [0.1, 0.15) is 5.75 Å². The zero-order chi connectivity index (χ0) is 15.4. The van der Waals surface area contributed by atoms with Crippen LogP contribution in [0.5, 0.6) is 5.75 Å². The van der Waals surface area contributed by atoms with Crippen LogP contribution in [0.1, 0.15) is 17.2 Å². The minimum atomic E-state index is -2.97. The second-order valence-electron chi connectivity index (χ2n) is 4.38. The fraction of sp³-hybridized carbons (Fsp3) is 0.200. The van der Waals surface area contributed by atoms with Gasteiger partial charge in [-0.15, -0.1) is 0 Å². The summed E-state index contributed by atoms with van der Waals surface area (Å²) in [7, 11) is 0. The second kappa shape index (κ2) is 6.58. The molecule has 1 N–H and O–H groups in total. The zero-order valence-corrected chi connectivity index (χ0v) is 10.8. The monoisotopic (exact) mass is 300 g/mol. The van der Waals surface area contributed by atoms with Crippen molar-refractivity contribution in [1.82, 2.24) is 0 Å². The average molecular weight is 300 g/mol. The highest BCUT2D eigenvalue weighted by Gasteiger charge is 2.15. The van der Waals surface area contributed by atoms with Gasteiger partial charge in [-0.1, -0.05) is 24.3 Å². The first-order valence-electron chi connectivity index (χ1n) is 6.13. The van der Waals surface area contributed by atoms with Crippen molar-refractivity contribution in [1.29, 1.82) is 0 Å². The van der Waals surface area contributed by atoms with Gasteiger partial charge in [0.2, 0.25) is 0 Å². The predicted octanol–water partition coefficient (Wildman–Crippen LogP) is 3.84. The minimum absolute atomic E-state index is 0.00248. The van der Waals surface area contributed by atoms with E-state index in [0.717, 1.165) is 6.07 Å². The molecule has 0 radical (unpaired) electrons. The van der Waals surface area contributed by atoms with E-state index in [2.05, 4.69) is 4.74 Å². The number of aliphatic hydroxyl groups is 1. The molecule has 0 aliphatic heterocycles. The summed E-state index contributed by atoms with van der Waals surface area (Å²) in [6, 6.07) is 9.11. The van der Waals surface area contributed by atoms with E-state index in [9.17, 15) is 22.7 Å². The topological polar surface area (TPSA) is 29.5 Å². The number of ether oxygens (including phenoxy) is 1. The van der Waals surface area contributed by atoms with Gasteiger partial charge in [-0.25, -0.2) is 8.78 Å². The second-order valence-corrected chi connectivity index (χ2v) is 4.38. The summed E-state index contributed by atoms with van der Waals surface area (Å²) >= 11 is 0. The first kappa shape index (κ1) is 15.3. The lowest BCUT2D eigenvalue weighted by molar-refractivity contribution is -0.0499. The number of rotatable bonds is 5. The van der Waals surface area contributed by atoms with Crippen LogP contribution >= 0.6 is 0 Å². The molecule has 0 saturated carbocycles. The highest BCUT2D eigenvalue weighted by Crippen LogP contribution is 2.25. The van der Waals surface area contributed by atoms with Crippen molar-refractivity contribution in [2.24, 2.45) is 0 Å². The molecule has 21 heavy (non-hydrogen) atoms. The van der Waals surface area contributed by atoms with E-state index < -0.39 is 24.3 Å². The first-order valence-corrected chi connectivity index (χ1v) is 6.13. The molecule has 0 heterocycles. The quantitative estimate of drug-likeness (QED) is 0.850. The van der Waals surface area contributed by atoms with Crippen LogP contribution in [0, 0.1) is 11.6 Å². The number of aliphatic hydroxyl groups excluding tert-OH is 1. The molecule has 2 rings (SSSR count).